The average Bonchev–Trinajstić information content (AvgIpc) is 3.05. The average molecular weight is 336 g/mol. The van der Waals surface area contributed by atoms with Crippen LogP contribution in [0.3, 0.4) is 0 Å². The summed E-state index contributed by atoms with van der Waals surface area (Å²) in [6.07, 6.45) is 3.51. The molecule has 2 unspecified atom stereocenters. The molecule has 1 fully saturated rings. The van der Waals surface area contributed by atoms with Gasteiger partial charge < -0.3 is 15.1 Å². The maximum Gasteiger partial charge on any atom is 0.275 e. The Hall–Kier alpha value is -1.85. The van der Waals surface area contributed by atoms with Gasteiger partial charge >= 0.3 is 0 Å². The number of hydrogen-bond donors (Lipinski definition) is 1. The highest BCUT2D eigenvalue weighted by Gasteiger charge is 2.28. The first-order valence-corrected chi connectivity index (χ1v) is 7.71. The van der Waals surface area contributed by atoms with Crippen molar-refractivity contribution in [2.45, 2.75) is 25.8 Å². The molecule has 0 spiro atoms. The zero-order valence-corrected chi connectivity index (χ0v) is 14.0. The van der Waals surface area contributed by atoms with Crippen LogP contribution in [-0.4, -0.2) is 34.9 Å². The van der Waals surface area contributed by atoms with Crippen LogP contribution in [-0.2, 0) is 0 Å². The molecule has 2 atom stereocenters. The first-order chi connectivity index (χ1) is 10.6. The lowest BCUT2D eigenvalue weighted by Crippen LogP contribution is -2.45. The largest absolute Gasteiger partial charge is 0.444 e. The molecule has 1 aromatic carbocycles. The Bertz CT molecular complexity index is 642. The van der Waals surface area contributed by atoms with Crippen molar-refractivity contribution in [1.29, 1.82) is 0 Å². The van der Waals surface area contributed by atoms with Gasteiger partial charge in [-0.2, -0.15) is 0 Å². The minimum absolute atomic E-state index is 0. The van der Waals surface area contributed by atoms with Crippen LogP contribution in [0.1, 0.15) is 30.3 Å². The van der Waals surface area contributed by atoms with Crippen molar-refractivity contribution in [3.8, 4) is 11.5 Å². The second-order valence-corrected chi connectivity index (χ2v) is 5.92. The number of amides is 1. The molecule has 2 aromatic rings. The fourth-order valence-corrected chi connectivity index (χ4v) is 2.87. The molecule has 0 aliphatic carbocycles. The van der Waals surface area contributed by atoms with E-state index in [2.05, 4.69) is 4.98 Å². The summed E-state index contributed by atoms with van der Waals surface area (Å²) in [5, 5.41) is 0. The van der Waals surface area contributed by atoms with Gasteiger partial charge in [0, 0.05) is 24.7 Å². The van der Waals surface area contributed by atoms with E-state index in [1.165, 1.54) is 6.26 Å². The maximum absolute atomic E-state index is 12.6. The van der Waals surface area contributed by atoms with E-state index >= 15 is 0 Å². The van der Waals surface area contributed by atoms with Crippen molar-refractivity contribution >= 4 is 18.3 Å². The van der Waals surface area contributed by atoms with Crippen molar-refractivity contribution in [1.82, 2.24) is 9.88 Å². The molecule has 1 aromatic heterocycles. The summed E-state index contributed by atoms with van der Waals surface area (Å²) >= 11 is 0. The highest BCUT2D eigenvalue weighted by atomic mass is 35.5. The zero-order valence-electron chi connectivity index (χ0n) is 13.1. The molecule has 1 amide bonds. The molecule has 5 nitrogen and oxygen atoms in total. The Morgan fingerprint density at radius 1 is 1.39 bits per heavy atom. The molecule has 2 N–H and O–H groups in total. The van der Waals surface area contributed by atoms with Gasteiger partial charge in [0.25, 0.3) is 5.91 Å². The lowest BCUT2D eigenvalue weighted by atomic mass is 9.92. The van der Waals surface area contributed by atoms with Gasteiger partial charge in [0.2, 0.25) is 5.89 Å². The van der Waals surface area contributed by atoms with Crippen molar-refractivity contribution in [3.63, 3.8) is 0 Å². The summed E-state index contributed by atoms with van der Waals surface area (Å²) in [5.74, 6) is 0.763. The van der Waals surface area contributed by atoms with E-state index in [1.54, 1.807) is 0 Å². The smallest absolute Gasteiger partial charge is 0.275 e. The number of piperidine rings is 1. The number of benzene rings is 1. The van der Waals surface area contributed by atoms with Crippen LogP contribution in [0.2, 0.25) is 0 Å². The molecule has 6 heteroatoms. The van der Waals surface area contributed by atoms with E-state index < -0.39 is 0 Å². The molecular formula is C17H22ClN3O2. The molecule has 1 saturated heterocycles. The number of rotatable bonds is 3. The van der Waals surface area contributed by atoms with E-state index in [1.807, 2.05) is 42.2 Å². The van der Waals surface area contributed by atoms with E-state index in [-0.39, 0.29) is 24.4 Å². The Labute approximate surface area is 142 Å². The van der Waals surface area contributed by atoms with Crippen molar-refractivity contribution in [3.05, 3.63) is 42.3 Å². The van der Waals surface area contributed by atoms with Crippen LogP contribution in [0.4, 0.5) is 0 Å². The summed E-state index contributed by atoms with van der Waals surface area (Å²) in [6, 6.07) is 9.69. The molecule has 0 bridgehead atoms. The van der Waals surface area contributed by atoms with Gasteiger partial charge in [-0.15, -0.1) is 12.4 Å². The highest BCUT2D eigenvalue weighted by molar-refractivity contribution is 5.92. The molecule has 0 saturated carbocycles. The minimum Gasteiger partial charge on any atom is -0.444 e. The van der Waals surface area contributed by atoms with Gasteiger partial charge in [-0.25, -0.2) is 4.98 Å². The number of carbonyl (C=O) groups is 1. The Morgan fingerprint density at radius 2 is 2.13 bits per heavy atom. The molecule has 2 heterocycles. The van der Waals surface area contributed by atoms with Gasteiger partial charge in [0.05, 0.1) is 0 Å². The third-order valence-electron chi connectivity index (χ3n) is 4.23. The number of hydrogen-bond acceptors (Lipinski definition) is 4. The molecule has 124 valence electrons. The number of likely N-dealkylation sites (tertiary alicyclic amines) is 1. The highest BCUT2D eigenvalue weighted by Crippen LogP contribution is 2.22. The predicted molar refractivity (Wildman–Crippen MR) is 91.5 cm³/mol. The number of carbonyl (C=O) groups excluding carboxylic acids is 1. The van der Waals surface area contributed by atoms with E-state index in [0.29, 0.717) is 24.0 Å². The van der Waals surface area contributed by atoms with Crippen LogP contribution >= 0.6 is 12.4 Å². The third-order valence-corrected chi connectivity index (χ3v) is 4.23. The van der Waals surface area contributed by atoms with Gasteiger partial charge in [0.15, 0.2) is 5.69 Å². The van der Waals surface area contributed by atoms with Crippen LogP contribution in [0.5, 0.6) is 0 Å². The van der Waals surface area contributed by atoms with Crippen molar-refractivity contribution in [2.24, 2.45) is 11.7 Å². The number of nitrogens with zero attached hydrogens (tertiary/aromatic N) is 2. The lowest BCUT2D eigenvalue weighted by molar-refractivity contribution is 0.0655. The fraction of sp³-hybridized carbons (Fsp3) is 0.412. The summed E-state index contributed by atoms with van der Waals surface area (Å²) < 4.78 is 5.45. The Kier molecular flexibility index (Phi) is 5.80. The second kappa shape index (κ2) is 7.62. The molecule has 1 aliphatic rings. The molecular weight excluding hydrogens is 314 g/mol. The van der Waals surface area contributed by atoms with Gasteiger partial charge in [-0.1, -0.05) is 18.2 Å². The van der Waals surface area contributed by atoms with E-state index in [4.69, 9.17) is 10.2 Å². The van der Waals surface area contributed by atoms with Gasteiger partial charge in [-0.3, -0.25) is 4.79 Å². The topological polar surface area (TPSA) is 72.4 Å². The van der Waals surface area contributed by atoms with Crippen LogP contribution in [0, 0.1) is 5.92 Å². The van der Waals surface area contributed by atoms with Crippen molar-refractivity contribution < 1.29 is 9.21 Å². The Balaban J connectivity index is 0.00000192. The van der Waals surface area contributed by atoms with Crippen molar-refractivity contribution in [2.75, 3.05) is 13.1 Å². The van der Waals surface area contributed by atoms with Gasteiger partial charge in [0.1, 0.15) is 6.26 Å². The SMILES string of the molecule is CC(N)C1CCCN(C(=O)c2coc(-c3ccccc3)n2)C1.Cl. The molecule has 0 radical (unpaired) electrons. The van der Waals surface area contributed by atoms with Crippen LogP contribution in [0.25, 0.3) is 11.5 Å². The standard InChI is InChI=1S/C17H21N3O2.ClH/c1-12(18)14-8-5-9-20(10-14)17(21)15-11-22-16(19-15)13-6-3-2-4-7-13;/h2-4,6-7,11-12,14H,5,8-10,18H2,1H3;1H. The molecule has 23 heavy (non-hydrogen) atoms. The summed E-state index contributed by atoms with van der Waals surface area (Å²) in [7, 11) is 0. The zero-order chi connectivity index (χ0) is 15.5. The Morgan fingerprint density at radius 3 is 2.83 bits per heavy atom. The first kappa shape index (κ1) is 17.5. The summed E-state index contributed by atoms with van der Waals surface area (Å²) in [5.41, 5.74) is 7.21. The van der Waals surface area contributed by atoms with E-state index in [9.17, 15) is 4.79 Å². The third kappa shape index (κ3) is 3.92. The molecule has 3 rings (SSSR count). The second-order valence-electron chi connectivity index (χ2n) is 5.92. The van der Waals surface area contributed by atoms with Crippen LogP contribution in [0.15, 0.2) is 41.0 Å². The summed E-state index contributed by atoms with van der Waals surface area (Å²) in [4.78, 5) is 18.7. The predicted octanol–water partition coefficient (Wildman–Crippen LogP) is 2.96. The monoisotopic (exact) mass is 335 g/mol. The number of oxazole rings is 1. The normalized spacial score (nSPS) is 19.0. The lowest BCUT2D eigenvalue weighted by Gasteiger charge is -2.34. The minimum atomic E-state index is -0.0729. The fourth-order valence-electron chi connectivity index (χ4n) is 2.87. The first-order valence-electron chi connectivity index (χ1n) is 7.71. The summed E-state index contributed by atoms with van der Waals surface area (Å²) in [6.45, 7) is 3.46. The number of aromatic nitrogens is 1. The van der Waals surface area contributed by atoms with Gasteiger partial charge in [-0.05, 0) is 37.8 Å². The quantitative estimate of drug-likeness (QED) is 0.936. The maximum atomic E-state index is 12.6. The van der Waals surface area contributed by atoms with Crippen LogP contribution < -0.4 is 5.73 Å². The van der Waals surface area contributed by atoms with E-state index in [0.717, 1.165) is 24.9 Å². The molecule has 1 aliphatic heterocycles. The number of nitrogens with two attached hydrogens (primary N) is 1. The number of halogens is 1.